The van der Waals surface area contributed by atoms with Crippen LogP contribution < -0.4 is 14.8 Å². The van der Waals surface area contributed by atoms with Crippen LogP contribution in [0.5, 0.6) is 5.75 Å². The van der Waals surface area contributed by atoms with Gasteiger partial charge in [-0.25, -0.2) is 13.2 Å². The lowest BCUT2D eigenvalue weighted by atomic mass is 9.99. The van der Waals surface area contributed by atoms with Crippen LogP contribution in [0.4, 0.5) is 10.5 Å². The van der Waals surface area contributed by atoms with E-state index < -0.39 is 22.2 Å². The first-order valence-corrected chi connectivity index (χ1v) is 12.4. The Labute approximate surface area is 190 Å². The van der Waals surface area contributed by atoms with Gasteiger partial charge in [0.25, 0.3) is 5.91 Å². The third-order valence-electron chi connectivity index (χ3n) is 5.20. The second kappa shape index (κ2) is 10.4. The number of benzene rings is 1. The Kier molecular flexibility index (Phi) is 8.35. The van der Waals surface area contributed by atoms with E-state index in [0.717, 1.165) is 6.26 Å². The van der Waals surface area contributed by atoms with Crippen LogP contribution in [0.25, 0.3) is 0 Å². The molecule has 2 rings (SSSR count). The predicted octanol–water partition coefficient (Wildman–Crippen LogP) is 1.33. The monoisotopic (exact) mass is 470 g/mol. The Bertz CT molecular complexity index is 936. The van der Waals surface area contributed by atoms with Crippen molar-refractivity contribution in [3.63, 3.8) is 0 Å². The molecule has 10 nitrogen and oxygen atoms in total. The van der Waals surface area contributed by atoms with Gasteiger partial charge in [0.15, 0.2) is 5.75 Å². The number of nitrogens with one attached hydrogen (secondary N) is 2. The number of amides is 3. The highest BCUT2D eigenvalue weighted by Gasteiger charge is 2.35. The molecule has 0 aromatic heterocycles. The number of ether oxygens (including phenoxy) is 1. The first-order chi connectivity index (χ1) is 14.8. The third-order valence-corrected chi connectivity index (χ3v) is 5.79. The molecule has 180 valence electrons. The number of urea groups is 1. The van der Waals surface area contributed by atoms with Gasteiger partial charge < -0.3 is 25.0 Å². The Balaban J connectivity index is 2.51. The summed E-state index contributed by atoms with van der Waals surface area (Å²) < 4.78 is 32.4. The van der Waals surface area contributed by atoms with Crippen LogP contribution in [0.15, 0.2) is 18.2 Å². The van der Waals surface area contributed by atoms with Crippen LogP contribution in [0.3, 0.4) is 0 Å². The van der Waals surface area contributed by atoms with Crippen molar-refractivity contribution in [1.82, 2.24) is 15.1 Å². The van der Waals surface area contributed by atoms with Gasteiger partial charge >= 0.3 is 6.03 Å². The average molecular weight is 471 g/mol. The quantitative estimate of drug-likeness (QED) is 0.552. The lowest BCUT2D eigenvalue weighted by Crippen LogP contribution is -2.51. The van der Waals surface area contributed by atoms with E-state index in [2.05, 4.69) is 10.0 Å². The summed E-state index contributed by atoms with van der Waals surface area (Å²) in [5, 5.41) is 12.5. The second-order valence-electron chi connectivity index (χ2n) is 8.66. The van der Waals surface area contributed by atoms with Crippen molar-refractivity contribution in [2.75, 3.05) is 37.7 Å². The van der Waals surface area contributed by atoms with Crippen molar-refractivity contribution in [1.29, 1.82) is 0 Å². The van der Waals surface area contributed by atoms with Crippen LogP contribution in [0, 0.1) is 5.92 Å². The van der Waals surface area contributed by atoms with Gasteiger partial charge in [0.2, 0.25) is 10.0 Å². The third kappa shape index (κ3) is 6.49. The molecule has 3 amide bonds. The number of hydrogen-bond donors (Lipinski definition) is 3. The van der Waals surface area contributed by atoms with Crippen molar-refractivity contribution in [3.05, 3.63) is 23.8 Å². The fraction of sp³-hybridized carbons (Fsp3) is 0.619. The highest BCUT2D eigenvalue weighted by atomic mass is 32.2. The predicted molar refractivity (Wildman–Crippen MR) is 122 cm³/mol. The topological polar surface area (TPSA) is 128 Å². The summed E-state index contributed by atoms with van der Waals surface area (Å²) in [5.74, 6) is -0.483. The first kappa shape index (κ1) is 25.7. The summed E-state index contributed by atoms with van der Waals surface area (Å²) in [7, 11) is -1.99. The standard InChI is InChI=1S/C21H34N4O6S/c1-13(2)22-21(28)24(5)11-18-14(3)10-25(15(4)12-26)20(27)16-8-7-9-17(19(16)31-18)23-32(6,29)30/h7-9,13-15,18,23,26H,10-12H2,1-6H3,(H,22,28)/t14-,15-,18-/m1/s1. The minimum Gasteiger partial charge on any atom is -0.485 e. The number of hydrogen-bond acceptors (Lipinski definition) is 6. The minimum atomic E-state index is -3.63. The van der Waals surface area contributed by atoms with Gasteiger partial charge in [-0.2, -0.15) is 0 Å². The fourth-order valence-electron chi connectivity index (χ4n) is 3.45. The SMILES string of the molecule is CC(C)NC(=O)N(C)C[C@H]1Oc2c(NS(C)(=O)=O)cccc2C(=O)N([C@H](C)CO)C[C@H]1C. The summed E-state index contributed by atoms with van der Waals surface area (Å²) in [6.45, 7) is 7.64. The van der Waals surface area contributed by atoms with Gasteiger partial charge in [0.1, 0.15) is 6.10 Å². The zero-order valence-electron chi connectivity index (χ0n) is 19.5. The van der Waals surface area contributed by atoms with Crippen molar-refractivity contribution >= 4 is 27.6 Å². The molecule has 1 aromatic carbocycles. The highest BCUT2D eigenvalue weighted by Crippen LogP contribution is 2.35. The van der Waals surface area contributed by atoms with Gasteiger partial charge in [-0.1, -0.05) is 13.0 Å². The number of carbonyl (C=O) groups is 2. The number of aliphatic hydroxyl groups is 1. The number of aliphatic hydroxyl groups excluding tert-OH is 1. The minimum absolute atomic E-state index is 0.0366. The summed E-state index contributed by atoms with van der Waals surface area (Å²) in [5.41, 5.74) is 0.327. The number of rotatable bonds is 7. The second-order valence-corrected chi connectivity index (χ2v) is 10.4. The van der Waals surface area contributed by atoms with Crippen molar-refractivity contribution in [2.45, 2.75) is 45.9 Å². The molecule has 32 heavy (non-hydrogen) atoms. The molecular formula is C21H34N4O6S. The van der Waals surface area contributed by atoms with Crippen LogP contribution in [-0.2, 0) is 10.0 Å². The van der Waals surface area contributed by atoms with E-state index in [1.54, 1.807) is 31.0 Å². The van der Waals surface area contributed by atoms with Gasteiger partial charge in [-0.15, -0.1) is 0 Å². The van der Waals surface area contributed by atoms with E-state index in [0.29, 0.717) is 6.54 Å². The smallest absolute Gasteiger partial charge is 0.317 e. The number of nitrogens with zero attached hydrogens (tertiary/aromatic N) is 2. The summed E-state index contributed by atoms with van der Waals surface area (Å²) in [6, 6.07) is 3.89. The molecule has 0 bridgehead atoms. The molecule has 1 aliphatic rings. The van der Waals surface area contributed by atoms with Crippen molar-refractivity contribution < 1.29 is 27.9 Å². The Morgan fingerprint density at radius 2 is 2.00 bits per heavy atom. The Morgan fingerprint density at radius 3 is 2.56 bits per heavy atom. The van der Waals surface area contributed by atoms with E-state index in [4.69, 9.17) is 4.74 Å². The van der Waals surface area contributed by atoms with Crippen molar-refractivity contribution in [3.8, 4) is 5.75 Å². The number of carbonyl (C=O) groups excluding carboxylic acids is 2. The van der Waals surface area contributed by atoms with E-state index in [1.807, 2.05) is 20.8 Å². The fourth-order valence-corrected chi connectivity index (χ4v) is 4.01. The lowest BCUT2D eigenvalue weighted by molar-refractivity contribution is 0.0369. The van der Waals surface area contributed by atoms with Crippen LogP contribution >= 0.6 is 0 Å². The molecule has 0 saturated heterocycles. The summed E-state index contributed by atoms with van der Waals surface area (Å²) in [4.78, 5) is 28.8. The van der Waals surface area contributed by atoms with Gasteiger partial charge in [-0.3, -0.25) is 9.52 Å². The molecule has 1 heterocycles. The number of likely N-dealkylation sites (N-methyl/N-ethyl adjacent to an activating group) is 1. The van der Waals surface area contributed by atoms with Crippen LogP contribution in [-0.4, -0.2) is 86.4 Å². The molecule has 1 aromatic rings. The molecule has 0 aliphatic carbocycles. The maximum absolute atomic E-state index is 13.3. The van der Waals surface area contributed by atoms with Gasteiger partial charge in [0, 0.05) is 25.6 Å². The molecule has 3 N–H and O–H groups in total. The summed E-state index contributed by atoms with van der Waals surface area (Å²) in [6.07, 6.45) is 0.474. The Hall–Kier alpha value is -2.53. The van der Waals surface area contributed by atoms with Gasteiger partial charge in [-0.05, 0) is 32.9 Å². The van der Waals surface area contributed by atoms with Gasteiger partial charge in [0.05, 0.1) is 36.7 Å². The zero-order chi connectivity index (χ0) is 24.2. The number of anilines is 1. The lowest BCUT2D eigenvalue weighted by Gasteiger charge is -2.38. The maximum Gasteiger partial charge on any atom is 0.317 e. The molecular weight excluding hydrogens is 436 g/mol. The molecule has 0 unspecified atom stereocenters. The molecule has 0 saturated carbocycles. The van der Waals surface area contributed by atoms with E-state index in [1.165, 1.54) is 11.0 Å². The number of sulfonamides is 1. The summed E-state index contributed by atoms with van der Waals surface area (Å²) >= 11 is 0. The van der Waals surface area contributed by atoms with E-state index in [9.17, 15) is 23.1 Å². The normalized spacial score (nSPS) is 20.0. The number of fused-ring (bicyclic) bond motifs is 1. The Morgan fingerprint density at radius 1 is 1.34 bits per heavy atom. The molecule has 11 heteroatoms. The van der Waals surface area contributed by atoms with Crippen LogP contribution in [0.1, 0.15) is 38.1 Å². The first-order valence-electron chi connectivity index (χ1n) is 10.5. The molecule has 0 spiro atoms. The molecule has 3 atom stereocenters. The van der Waals surface area contributed by atoms with Crippen LogP contribution in [0.2, 0.25) is 0 Å². The van der Waals surface area contributed by atoms with Crippen molar-refractivity contribution in [2.24, 2.45) is 5.92 Å². The highest BCUT2D eigenvalue weighted by molar-refractivity contribution is 7.92. The molecule has 0 fully saturated rings. The average Bonchev–Trinajstić information content (AvgIpc) is 2.68. The maximum atomic E-state index is 13.3. The largest absolute Gasteiger partial charge is 0.485 e. The molecule has 1 aliphatic heterocycles. The molecule has 0 radical (unpaired) electrons. The van der Waals surface area contributed by atoms with E-state index in [-0.39, 0.29) is 54.1 Å². The van der Waals surface area contributed by atoms with E-state index >= 15 is 0 Å². The zero-order valence-corrected chi connectivity index (χ0v) is 20.3. The number of para-hydroxylation sites is 1.